The molecule has 0 aromatic heterocycles. The highest BCUT2D eigenvalue weighted by atomic mass is 32.2. The highest BCUT2D eigenvalue weighted by molar-refractivity contribution is 7.89. The van der Waals surface area contributed by atoms with Crippen molar-refractivity contribution in [2.24, 2.45) is 0 Å². The van der Waals surface area contributed by atoms with Gasteiger partial charge in [-0.15, -0.1) is 0 Å². The first-order valence-electron chi connectivity index (χ1n) is 6.23. The van der Waals surface area contributed by atoms with Crippen LogP contribution in [0.25, 0.3) is 0 Å². The Hall–Kier alpha value is -0.910. The lowest BCUT2D eigenvalue weighted by atomic mass is 10.2. The molecule has 4 nitrogen and oxygen atoms in total. The molecular weight excluding hydrogens is 248 g/mol. The Balaban J connectivity index is 2.41. The highest BCUT2D eigenvalue weighted by Crippen LogP contribution is 2.23. The minimum Gasteiger partial charge on any atom is -0.314 e. The van der Waals surface area contributed by atoms with Gasteiger partial charge < -0.3 is 5.32 Å². The van der Waals surface area contributed by atoms with Crippen LogP contribution in [0, 0.1) is 13.8 Å². The summed E-state index contributed by atoms with van der Waals surface area (Å²) in [7, 11) is -3.37. The Morgan fingerprint density at radius 3 is 2.67 bits per heavy atom. The minimum atomic E-state index is -3.37. The van der Waals surface area contributed by atoms with Gasteiger partial charge in [0.15, 0.2) is 0 Å². The van der Waals surface area contributed by atoms with Crippen LogP contribution in [-0.4, -0.2) is 38.4 Å². The Labute approximate surface area is 109 Å². The van der Waals surface area contributed by atoms with Gasteiger partial charge in [-0.05, 0) is 32.4 Å². The van der Waals surface area contributed by atoms with E-state index in [9.17, 15) is 8.42 Å². The van der Waals surface area contributed by atoms with Gasteiger partial charge in [0.1, 0.15) is 0 Å². The lowest BCUT2D eigenvalue weighted by Crippen LogP contribution is -2.52. The molecule has 1 aliphatic rings. The van der Waals surface area contributed by atoms with E-state index < -0.39 is 10.0 Å². The summed E-state index contributed by atoms with van der Waals surface area (Å²) >= 11 is 0. The van der Waals surface area contributed by atoms with Gasteiger partial charge in [0.25, 0.3) is 0 Å². The van der Waals surface area contributed by atoms with Crippen molar-refractivity contribution < 1.29 is 8.42 Å². The van der Waals surface area contributed by atoms with E-state index in [1.54, 1.807) is 10.4 Å². The van der Waals surface area contributed by atoms with Crippen molar-refractivity contribution in [2.45, 2.75) is 31.7 Å². The van der Waals surface area contributed by atoms with Crippen molar-refractivity contribution >= 4 is 10.0 Å². The standard InChI is InChI=1S/C13H20N2O2S/c1-10-4-5-13(11(2)8-10)18(16,17)15-7-6-14-9-12(15)3/h4-5,8,12,14H,6-7,9H2,1-3H3. The number of nitrogens with zero attached hydrogens (tertiary/aromatic N) is 1. The van der Waals surface area contributed by atoms with Crippen molar-refractivity contribution in [3.05, 3.63) is 29.3 Å². The van der Waals surface area contributed by atoms with E-state index >= 15 is 0 Å². The summed E-state index contributed by atoms with van der Waals surface area (Å²) < 4.78 is 26.9. The van der Waals surface area contributed by atoms with Gasteiger partial charge in [-0.1, -0.05) is 17.7 Å². The summed E-state index contributed by atoms with van der Waals surface area (Å²) in [6, 6.07) is 5.49. The van der Waals surface area contributed by atoms with E-state index in [0.29, 0.717) is 24.5 Å². The molecule has 18 heavy (non-hydrogen) atoms. The van der Waals surface area contributed by atoms with Crippen LogP contribution in [-0.2, 0) is 10.0 Å². The average molecular weight is 268 g/mol. The van der Waals surface area contributed by atoms with Crippen molar-refractivity contribution in [1.82, 2.24) is 9.62 Å². The smallest absolute Gasteiger partial charge is 0.243 e. The summed E-state index contributed by atoms with van der Waals surface area (Å²) in [5.41, 5.74) is 1.90. The quantitative estimate of drug-likeness (QED) is 0.879. The molecule has 1 atom stereocenters. The van der Waals surface area contributed by atoms with E-state index in [1.807, 2.05) is 32.9 Å². The molecule has 1 aliphatic heterocycles. The third-order valence-corrected chi connectivity index (χ3v) is 5.53. The van der Waals surface area contributed by atoms with Crippen LogP contribution in [0.4, 0.5) is 0 Å². The summed E-state index contributed by atoms with van der Waals surface area (Å²) in [5.74, 6) is 0. The predicted molar refractivity (Wildman–Crippen MR) is 72.1 cm³/mol. The molecule has 1 N–H and O–H groups in total. The Kier molecular flexibility index (Phi) is 3.75. The molecule has 1 fully saturated rings. The first kappa shape index (κ1) is 13.5. The molecule has 0 radical (unpaired) electrons. The fourth-order valence-electron chi connectivity index (χ4n) is 2.39. The van der Waals surface area contributed by atoms with Crippen LogP contribution in [0.5, 0.6) is 0 Å². The molecule has 1 unspecified atom stereocenters. The zero-order valence-electron chi connectivity index (χ0n) is 11.1. The van der Waals surface area contributed by atoms with E-state index in [2.05, 4.69) is 5.32 Å². The van der Waals surface area contributed by atoms with Crippen molar-refractivity contribution in [2.75, 3.05) is 19.6 Å². The van der Waals surface area contributed by atoms with E-state index in [-0.39, 0.29) is 6.04 Å². The van der Waals surface area contributed by atoms with Gasteiger partial charge in [0.2, 0.25) is 10.0 Å². The topological polar surface area (TPSA) is 49.4 Å². The summed E-state index contributed by atoms with van der Waals surface area (Å²) in [6.45, 7) is 7.73. The monoisotopic (exact) mass is 268 g/mol. The number of hydrogen-bond donors (Lipinski definition) is 1. The molecule has 0 saturated carbocycles. The molecule has 1 saturated heterocycles. The molecule has 0 bridgehead atoms. The van der Waals surface area contributed by atoms with Gasteiger partial charge in [-0.3, -0.25) is 0 Å². The summed E-state index contributed by atoms with van der Waals surface area (Å²) in [6.07, 6.45) is 0. The molecule has 2 rings (SSSR count). The second-order valence-electron chi connectivity index (χ2n) is 4.94. The fraction of sp³-hybridized carbons (Fsp3) is 0.538. The van der Waals surface area contributed by atoms with Crippen molar-refractivity contribution in [3.63, 3.8) is 0 Å². The maximum Gasteiger partial charge on any atom is 0.243 e. The van der Waals surface area contributed by atoms with Crippen LogP contribution >= 0.6 is 0 Å². The van der Waals surface area contributed by atoms with Crippen LogP contribution in [0.1, 0.15) is 18.1 Å². The average Bonchev–Trinajstić information content (AvgIpc) is 2.28. The van der Waals surface area contributed by atoms with Crippen LogP contribution in [0.3, 0.4) is 0 Å². The van der Waals surface area contributed by atoms with E-state index in [0.717, 1.165) is 11.1 Å². The molecular formula is C13H20N2O2S. The van der Waals surface area contributed by atoms with E-state index in [1.165, 1.54) is 0 Å². The van der Waals surface area contributed by atoms with Crippen molar-refractivity contribution in [3.8, 4) is 0 Å². The first-order valence-corrected chi connectivity index (χ1v) is 7.67. The maximum atomic E-state index is 12.6. The number of nitrogens with one attached hydrogen (secondary N) is 1. The molecule has 0 amide bonds. The second kappa shape index (κ2) is 4.99. The van der Waals surface area contributed by atoms with Gasteiger partial charge >= 0.3 is 0 Å². The van der Waals surface area contributed by atoms with Gasteiger partial charge in [0.05, 0.1) is 4.90 Å². The van der Waals surface area contributed by atoms with Gasteiger partial charge in [-0.25, -0.2) is 8.42 Å². The predicted octanol–water partition coefficient (Wildman–Crippen LogP) is 1.29. The SMILES string of the molecule is Cc1ccc(S(=O)(=O)N2CCNCC2C)c(C)c1. The van der Waals surface area contributed by atoms with Crippen LogP contribution < -0.4 is 5.32 Å². The number of hydrogen-bond acceptors (Lipinski definition) is 3. The lowest BCUT2D eigenvalue weighted by molar-refractivity contribution is 0.283. The molecule has 1 aromatic rings. The normalized spacial score (nSPS) is 22.1. The number of rotatable bonds is 2. The lowest BCUT2D eigenvalue weighted by Gasteiger charge is -2.33. The Morgan fingerprint density at radius 2 is 2.06 bits per heavy atom. The third-order valence-electron chi connectivity index (χ3n) is 3.36. The van der Waals surface area contributed by atoms with Crippen molar-refractivity contribution in [1.29, 1.82) is 0 Å². The fourth-order valence-corrected chi connectivity index (χ4v) is 4.23. The first-order chi connectivity index (χ1) is 8.43. The molecule has 1 aromatic carbocycles. The van der Waals surface area contributed by atoms with Crippen LogP contribution in [0.2, 0.25) is 0 Å². The van der Waals surface area contributed by atoms with Gasteiger partial charge in [0, 0.05) is 25.7 Å². The number of aryl methyl sites for hydroxylation is 2. The second-order valence-corrected chi connectivity index (χ2v) is 6.80. The zero-order valence-corrected chi connectivity index (χ0v) is 11.9. The third kappa shape index (κ3) is 2.43. The number of piperazine rings is 1. The molecule has 0 spiro atoms. The maximum absolute atomic E-state index is 12.6. The van der Waals surface area contributed by atoms with Gasteiger partial charge in [-0.2, -0.15) is 4.31 Å². The largest absolute Gasteiger partial charge is 0.314 e. The molecule has 1 heterocycles. The number of benzene rings is 1. The molecule has 5 heteroatoms. The minimum absolute atomic E-state index is 0.00412. The molecule has 100 valence electrons. The summed E-state index contributed by atoms with van der Waals surface area (Å²) in [4.78, 5) is 0.432. The number of sulfonamides is 1. The molecule has 0 aliphatic carbocycles. The highest BCUT2D eigenvalue weighted by Gasteiger charge is 2.31. The zero-order chi connectivity index (χ0) is 13.3. The van der Waals surface area contributed by atoms with E-state index in [4.69, 9.17) is 0 Å². The summed E-state index contributed by atoms with van der Waals surface area (Å²) in [5, 5.41) is 3.21. The Bertz CT molecular complexity index is 540. The Morgan fingerprint density at radius 1 is 1.33 bits per heavy atom. The van der Waals surface area contributed by atoms with Crippen LogP contribution in [0.15, 0.2) is 23.1 Å².